The first-order chi connectivity index (χ1) is 8.08. The van der Waals surface area contributed by atoms with E-state index in [9.17, 15) is 0 Å². The minimum atomic E-state index is 0.559. The van der Waals surface area contributed by atoms with Crippen molar-refractivity contribution in [1.29, 1.82) is 0 Å². The summed E-state index contributed by atoms with van der Waals surface area (Å²) in [5.74, 6) is 0.979. The standard InChI is InChI=1S/C11H13Br2N3S/c12-7-5-9(13)11(15-6-7)16(8-1-2-8)4-3-10(14)17/h5-6,8H,1-4H2,(H2,14,17). The first kappa shape index (κ1) is 13.2. The van der Waals surface area contributed by atoms with Crippen LogP contribution in [0.3, 0.4) is 0 Å². The maximum absolute atomic E-state index is 5.57. The second-order valence-electron chi connectivity index (χ2n) is 4.10. The van der Waals surface area contributed by atoms with Crippen LogP contribution in [0, 0.1) is 0 Å². The number of thiocarbonyl (C=S) groups is 1. The van der Waals surface area contributed by atoms with Crippen molar-refractivity contribution in [2.24, 2.45) is 5.73 Å². The number of hydrogen-bond acceptors (Lipinski definition) is 3. The minimum Gasteiger partial charge on any atom is -0.393 e. The third kappa shape index (κ3) is 3.63. The van der Waals surface area contributed by atoms with Crippen LogP contribution in [0.4, 0.5) is 5.82 Å². The van der Waals surface area contributed by atoms with Gasteiger partial charge in [-0.25, -0.2) is 4.98 Å². The van der Waals surface area contributed by atoms with Gasteiger partial charge < -0.3 is 10.6 Å². The Morgan fingerprint density at radius 3 is 2.76 bits per heavy atom. The summed E-state index contributed by atoms with van der Waals surface area (Å²) < 4.78 is 1.97. The summed E-state index contributed by atoms with van der Waals surface area (Å²) in [6.07, 6.45) is 5.00. The number of halogens is 2. The lowest BCUT2D eigenvalue weighted by Crippen LogP contribution is -2.30. The summed E-state index contributed by atoms with van der Waals surface area (Å²) in [6, 6.07) is 2.60. The Labute approximate surface area is 123 Å². The Morgan fingerprint density at radius 2 is 2.24 bits per heavy atom. The molecule has 1 aromatic rings. The zero-order valence-electron chi connectivity index (χ0n) is 9.20. The largest absolute Gasteiger partial charge is 0.393 e. The molecule has 0 saturated heterocycles. The van der Waals surface area contributed by atoms with Gasteiger partial charge in [-0.3, -0.25) is 0 Å². The Morgan fingerprint density at radius 1 is 1.53 bits per heavy atom. The molecule has 0 bridgehead atoms. The Kier molecular flexibility index (Phi) is 4.38. The highest BCUT2D eigenvalue weighted by atomic mass is 79.9. The van der Waals surface area contributed by atoms with Crippen LogP contribution < -0.4 is 10.6 Å². The van der Waals surface area contributed by atoms with Gasteiger partial charge in [-0.05, 0) is 50.8 Å². The zero-order chi connectivity index (χ0) is 12.4. The van der Waals surface area contributed by atoms with Crippen LogP contribution in [-0.4, -0.2) is 22.6 Å². The number of anilines is 1. The molecule has 6 heteroatoms. The van der Waals surface area contributed by atoms with Gasteiger partial charge in [0.1, 0.15) is 5.82 Å². The molecule has 1 heterocycles. The van der Waals surface area contributed by atoms with E-state index < -0.39 is 0 Å². The lowest BCUT2D eigenvalue weighted by molar-refractivity contribution is 0.783. The molecule has 2 N–H and O–H groups in total. The van der Waals surface area contributed by atoms with Gasteiger partial charge in [0.25, 0.3) is 0 Å². The fourth-order valence-electron chi connectivity index (χ4n) is 1.70. The minimum absolute atomic E-state index is 0.559. The number of rotatable bonds is 5. The molecule has 1 aliphatic carbocycles. The van der Waals surface area contributed by atoms with Gasteiger partial charge in [0.15, 0.2) is 0 Å². The third-order valence-corrected chi connectivity index (χ3v) is 3.87. The second kappa shape index (κ2) is 5.63. The summed E-state index contributed by atoms with van der Waals surface area (Å²) >= 11 is 11.9. The van der Waals surface area contributed by atoms with Crippen LogP contribution in [-0.2, 0) is 0 Å². The molecule has 1 aromatic heterocycles. The fraction of sp³-hybridized carbons (Fsp3) is 0.455. The first-order valence-corrected chi connectivity index (χ1v) is 7.43. The van der Waals surface area contributed by atoms with Crippen LogP contribution in [0.25, 0.3) is 0 Å². The first-order valence-electron chi connectivity index (χ1n) is 5.44. The van der Waals surface area contributed by atoms with Crippen LogP contribution in [0.15, 0.2) is 21.2 Å². The van der Waals surface area contributed by atoms with Crippen molar-refractivity contribution in [3.8, 4) is 0 Å². The van der Waals surface area contributed by atoms with Crippen LogP contribution in [0.2, 0.25) is 0 Å². The van der Waals surface area contributed by atoms with E-state index in [4.69, 9.17) is 18.0 Å². The molecule has 0 spiro atoms. The van der Waals surface area contributed by atoms with Gasteiger partial charge in [0.05, 0.1) is 9.46 Å². The molecule has 0 aliphatic heterocycles. The molecule has 0 unspecified atom stereocenters. The molecular weight excluding hydrogens is 366 g/mol. The molecule has 0 atom stereocenters. The maximum atomic E-state index is 5.57. The smallest absolute Gasteiger partial charge is 0.143 e. The van der Waals surface area contributed by atoms with Gasteiger partial charge >= 0.3 is 0 Å². The van der Waals surface area contributed by atoms with Crippen molar-refractivity contribution in [3.05, 3.63) is 21.2 Å². The normalized spacial score (nSPS) is 14.7. The predicted molar refractivity (Wildman–Crippen MR) is 81.4 cm³/mol. The SMILES string of the molecule is NC(=S)CCN(c1ncc(Br)cc1Br)C1CC1. The monoisotopic (exact) mass is 377 g/mol. The van der Waals surface area contributed by atoms with Crippen molar-refractivity contribution in [3.63, 3.8) is 0 Å². The summed E-state index contributed by atoms with van der Waals surface area (Å²) in [5, 5.41) is 0. The molecule has 0 amide bonds. The lowest BCUT2D eigenvalue weighted by Gasteiger charge is -2.24. The van der Waals surface area contributed by atoms with Crippen molar-refractivity contribution in [1.82, 2.24) is 4.98 Å². The number of hydrogen-bond donors (Lipinski definition) is 1. The van der Waals surface area contributed by atoms with Crippen LogP contribution in [0.5, 0.6) is 0 Å². The number of aromatic nitrogens is 1. The molecule has 0 aromatic carbocycles. The van der Waals surface area contributed by atoms with E-state index in [0.717, 1.165) is 27.7 Å². The highest BCUT2D eigenvalue weighted by Gasteiger charge is 2.30. The summed E-state index contributed by atoms with van der Waals surface area (Å²) in [6.45, 7) is 0.841. The number of pyridine rings is 1. The molecular formula is C11H13Br2N3S. The molecule has 0 radical (unpaired) electrons. The molecule has 17 heavy (non-hydrogen) atoms. The van der Waals surface area contributed by atoms with E-state index in [2.05, 4.69) is 41.7 Å². The molecule has 2 rings (SSSR count). The van der Waals surface area contributed by atoms with E-state index in [-0.39, 0.29) is 0 Å². The van der Waals surface area contributed by atoms with E-state index in [0.29, 0.717) is 11.0 Å². The number of nitrogens with zero attached hydrogens (tertiary/aromatic N) is 2. The quantitative estimate of drug-likeness (QED) is 0.798. The Balaban J connectivity index is 2.17. The summed E-state index contributed by atoms with van der Waals surface area (Å²) in [4.78, 5) is 7.31. The lowest BCUT2D eigenvalue weighted by atomic mass is 10.3. The van der Waals surface area contributed by atoms with E-state index in [1.54, 1.807) is 0 Å². The average Bonchev–Trinajstić information content (AvgIpc) is 3.04. The van der Waals surface area contributed by atoms with Crippen molar-refractivity contribution in [2.75, 3.05) is 11.4 Å². The highest BCUT2D eigenvalue weighted by molar-refractivity contribution is 9.11. The molecule has 92 valence electrons. The third-order valence-electron chi connectivity index (χ3n) is 2.65. The maximum Gasteiger partial charge on any atom is 0.143 e. The topological polar surface area (TPSA) is 42.1 Å². The number of nitrogens with two attached hydrogens (primary N) is 1. The predicted octanol–water partition coefficient (Wildman–Crippen LogP) is 3.25. The molecule has 1 fully saturated rings. The van der Waals surface area contributed by atoms with E-state index in [1.807, 2.05) is 12.3 Å². The van der Waals surface area contributed by atoms with Gasteiger partial charge in [0.2, 0.25) is 0 Å². The van der Waals surface area contributed by atoms with Gasteiger partial charge in [-0.15, -0.1) is 0 Å². The van der Waals surface area contributed by atoms with E-state index >= 15 is 0 Å². The molecule has 1 aliphatic rings. The van der Waals surface area contributed by atoms with Crippen molar-refractivity contribution < 1.29 is 0 Å². The van der Waals surface area contributed by atoms with E-state index in [1.165, 1.54) is 12.8 Å². The van der Waals surface area contributed by atoms with Crippen molar-refractivity contribution in [2.45, 2.75) is 25.3 Å². The average molecular weight is 379 g/mol. The highest BCUT2D eigenvalue weighted by Crippen LogP contribution is 2.35. The van der Waals surface area contributed by atoms with Gasteiger partial charge in [-0.1, -0.05) is 12.2 Å². The van der Waals surface area contributed by atoms with Crippen LogP contribution >= 0.6 is 44.1 Å². The fourth-order valence-corrected chi connectivity index (χ4v) is 3.00. The van der Waals surface area contributed by atoms with Crippen molar-refractivity contribution >= 4 is 54.9 Å². The second-order valence-corrected chi connectivity index (χ2v) is 6.39. The molecule has 1 saturated carbocycles. The zero-order valence-corrected chi connectivity index (χ0v) is 13.2. The van der Waals surface area contributed by atoms with Crippen LogP contribution in [0.1, 0.15) is 19.3 Å². The summed E-state index contributed by atoms with van der Waals surface area (Å²) in [7, 11) is 0. The molecule has 3 nitrogen and oxygen atoms in total. The van der Waals surface area contributed by atoms with Gasteiger partial charge in [-0.2, -0.15) is 0 Å². The van der Waals surface area contributed by atoms with Gasteiger partial charge in [0, 0.05) is 29.7 Å². The Hall–Kier alpha value is -0.200. The summed E-state index contributed by atoms with van der Waals surface area (Å²) in [5.41, 5.74) is 5.57. The Bertz CT molecular complexity index is 435.